The van der Waals surface area contributed by atoms with E-state index < -0.39 is 6.09 Å². The molecular formula is C5H10N2O3. The van der Waals surface area contributed by atoms with Gasteiger partial charge >= 0.3 is 6.09 Å². The predicted octanol–water partition coefficient (Wildman–Crippen LogP) is -0.453. The summed E-state index contributed by atoms with van der Waals surface area (Å²) in [7, 11) is 0. The monoisotopic (exact) mass is 146 g/mol. The van der Waals surface area contributed by atoms with Crippen LogP contribution in [0.2, 0.25) is 0 Å². The van der Waals surface area contributed by atoms with Gasteiger partial charge in [0.15, 0.2) is 0 Å². The molecule has 0 aromatic carbocycles. The van der Waals surface area contributed by atoms with Crippen molar-refractivity contribution in [3.63, 3.8) is 0 Å². The quantitative estimate of drug-likeness (QED) is 0.461. The maximum Gasteiger partial charge on any atom is 0.419 e. The van der Waals surface area contributed by atoms with Gasteiger partial charge in [-0.3, -0.25) is 5.43 Å². The zero-order valence-corrected chi connectivity index (χ0v) is 5.46. The number of carbonyl (C=O) groups is 1. The van der Waals surface area contributed by atoms with E-state index in [4.69, 9.17) is 9.84 Å². The maximum atomic E-state index is 9.94. The molecule has 5 nitrogen and oxygen atoms in total. The summed E-state index contributed by atoms with van der Waals surface area (Å²) in [4.78, 5) is 9.94. The molecule has 1 aliphatic heterocycles. The van der Waals surface area contributed by atoms with E-state index in [0.29, 0.717) is 13.2 Å². The third kappa shape index (κ3) is 2.20. The summed E-state index contributed by atoms with van der Waals surface area (Å²) in [5.74, 6) is 0. The number of hydrazine groups is 1. The maximum absolute atomic E-state index is 9.94. The van der Waals surface area contributed by atoms with E-state index in [9.17, 15) is 4.79 Å². The Morgan fingerprint density at radius 3 is 3.00 bits per heavy atom. The fraction of sp³-hybridized carbons (Fsp3) is 0.800. The first-order valence-electron chi connectivity index (χ1n) is 3.11. The number of nitrogens with one attached hydrogen (secondary N) is 2. The summed E-state index contributed by atoms with van der Waals surface area (Å²) in [5.41, 5.74) is 4.68. The Morgan fingerprint density at radius 1 is 1.70 bits per heavy atom. The highest BCUT2D eigenvalue weighted by molar-refractivity contribution is 5.63. The van der Waals surface area contributed by atoms with E-state index in [1.165, 1.54) is 0 Å². The largest absolute Gasteiger partial charge is 0.464 e. The van der Waals surface area contributed by atoms with Gasteiger partial charge in [0.1, 0.15) is 0 Å². The lowest BCUT2D eigenvalue weighted by Gasteiger charge is -2.08. The summed E-state index contributed by atoms with van der Waals surface area (Å²) in [5, 5.41) is 8.16. The van der Waals surface area contributed by atoms with Gasteiger partial charge in [-0.1, -0.05) is 0 Å². The predicted molar refractivity (Wildman–Crippen MR) is 33.5 cm³/mol. The second-order valence-electron chi connectivity index (χ2n) is 2.14. The minimum atomic E-state index is -1.06. The number of amides is 1. The molecule has 0 saturated carbocycles. The standard InChI is InChI=1S/C5H10N2O3/c8-5(9)7-6-4-1-2-10-3-4/h4,6-7H,1-3H2,(H,8,9). The Bertz CT molecular complexity index is 122. The first-order valence-corrected chi connectivity index (χ1v) is 3.11. The summed E-state index contributed by atoms with van der Waals surface area (Å²) < 4.78 is 4.99. The molecule has 0 spiro atoms. The lowest BCUT2D eigenvalue weighted by Crippen LogP contribution is -2.43. The van der Waals surface area contributed by atoms with E-state index in [-0.39, 0.29) is 6.04 Å². The van der Waals surface area contributed by atoms with Gasteiger partial charge in [-0.05, 0) is 6.42 Å². The van der Waals surface area contributed by atoms with Crippen molar-refractivity contribution in [2.45, 2.75) is 12.5 Å². The van der Waals surface area contributed by atoms with Gasteiger partial charge in [0.05, 0.1) is 12.6 Å². The van der Waals surface area contributed by atoms with Gasteiger partial charge in [0, 0.05) is 6.61 Å². The molecule has 1 saturated heterocycles. The minimum Gasteiger partial charge on any atom is -0.464 e. The van der Waals surface area contributed by atoms with Gasteiger partial charge in [-0.2, -0.15) is 0 Å². The van der Waals surface area contributed by atoms with Gasteiger partial charge in [-0.15, -0.1) is 0 Å². The van der Waals surface area contributed by atoms with Crippen molar-refractivity contribution in [1.29, 1.82) is 0 Å². The van der Waals surface area contributed by atoms with Gasteiger partial charge in [-0.25, -0.2) is 10.2 Å². The van der Waals surface area contributed by atoms with Crippen molar-refractivity contribution in [1.82, 2.24) is 10.9 Å². The van der Waals surface area contributed by atoms with Crippen LogP contribution in [0.3, 0.4) is 0 Å². The van der Waals surface area contributed by atoms with E-state index in [1.54, 1.807) is 0 Å². The molecule has 0 aliphatic carbocycles. The second kappa shape index (κ2) is 3.38. The lowest BCUT2D eigenvalue weighted by atomic mass is 10.3. The van der Waals surface area contributed by atoms with Crippen LogP contribution in [0.4, 0.5) is 4.79 Å². The highest BCUT2D eigenvalue weighted by Crippen LogP contribution is 2.01. The number of hydrogen-bond donors (Lipinski definition) is 3. The van der Waals surface area contributed by atoms with E-state index in [2.05, 4.69) is 10.9 Å². The fourth-order valence-corrected chi connectivity index (χ4v) is 0.812. The Kier molecular flexibility index (Phi) is 2.47. The molecule has 0 aromatic rings. The molecule has 10 heavy (non-hydrogen) atoms. The summed E-state index contributed by atoms with van der Waals surface area (Å²) in [6.07, 6.45) is -0.202. The Labute approximate surface area is 58.3 Å². The first-order chi connectivity index (χ1) is 4.79. The van der Waals surface area contributed by atoms with E-state index in [1.807, 2.05) is 0 Å². The molecule has 0 aromatic heterocycles. The average molecular weight is 146 g/mol. The molecular weight excluding hydrogens is 136 g/mol. The van der Waals surface area contributed by atoms with Crippen LogP contribution >= 0.6 is 0 Å². The lowest BCUT2D eigenvalue weighted by molar-refractivity contribution is 0.175. The molecule has 3 N–H and O–H groups in total. The summed E-state index contributed by atoms with van der Waals surface area (Å²) in [6, 6.07) is 0.135. The Morgan fingerprint density at radius 2 is 2.50 bits per heavy atom. The number of carboxylic acid groups (broad SMARTS) is 1. The topological polar surface area (TPSA) is 70.6 Å². The van der Waals surface area contributed by atoms with Crippen molar-refractivity contribution in [2.75, 3.05) is 13.2 Å². The molecule has 1 amide bonds. The molecule has 1 rings (SSSR count). The second-order valence-corrected chi connectivity index (χ2v) is 2.14. The highest BCUT2D eigenvalue weighted by Gasteiger charge is 2.14. The molecule has 0 radical (unpaired) electrons. The van der Waals surface area contributed by atoms with Crippen LogP contribution in [0.1, 0.15) is 6.42 Å². The number of ether oxygens (including phenoxy) is 1. The van der Waals surface area contributed by atoms with Gasteiger partial charge < -0.3 is 9.84 Å². The van der Waals surface area contributed by atoms with Crippen molar-refractivity contribution < 1.29 is 14.6 Å². The van der Waals surface area contributed by atoms with Crippen LogP contribution in [-0.2, 0) is 4.74 Å². The SMILES string of the molecule is O=C(O)NNC1CCOC1. The summed E-state index contributed by atoms with van der Waals surface area (Å²) in [6.45, 7) is 1.29. The molecule has 1 unspecified atom stereocenters. The third-order valence-corrected chi connectivity index (χ3v) is 1.31. The third-order valence-electron chi connectivity index (χ3n) is 1.31. The van der Waals surface area contributed by atoms with Crippen molar-refractivity contribution >= 4 is 6.09 Å². The normalized spacial score (nSPS) is 24.6. The average Bonchev–Trinajstić information content (AvgIpc) is 2.34. The van der Waals surface area contributed by atoms with E-state index >= 15 is 0 Å². The minimum absolute atomic E-state index is 0.135. The van der Waals surface area contributed by atoms with Crippen LogP contribution in [0.15, 0.2) is 0 Å². The fourth-order valence-electron chi connectivity index (χ4n) is 0.812. The molecule has 1 aliphatic rings. The van der Waals surface area contributed by atoms with Crippen LogP contribution < -0.4 is 10.9 Å². The van der Waals surface area contributed by atoms with Crippen LogP contribution in [0, 0.1) is 0 Å². The molecule has 0 bridgehead atoms. The van der Waals surface area contributed by atoms with Gasteiger partial charge in [0.2, 0.25) is 0 Å². The molecule has 58 valence electrons. The van der Waals surface area contributed by atoms with Crippen LogP contribution in [0.25, 0.3) is 0 Å². The van der Waals surface area contributed by atoms with Crippen LogP contribution in [-0.4, -0.2) is 30.5 Å². The Balaban J connectivity index is 2.07. The van der Waals surface area contributed by atoms with Crippen molar-refractivity contribution in [3.05, 3.63) is 0 Å². The van der Waals surface area contributed by atoms with E-state index in [0.717, 1.165) is 6.42 Å². The zero-order valence-electron chi connectivity index (χ0n) is 5.46. The zero-order chi connectivity index (χ0) is 7.40. The first kappa shape index (κ1) is 7.30. The Hall–Kier alpha value is -0.810. The smallest absolute Gasteiger partial charge is 0.419 e. The van der Waals surface area contributed by atoms with Crippen molar-refractivity contribution in [3.8, 4) is 0 Å². The highest BCUT2D eigenvalue weighted by atomic mass is 16.5. The molecule has 1 atom stereocenters. The van der Waals surface area contributed by atoms with Crippen molar-refractivity contribution in [2.24, 2.45) is 0 Å². The summed E-state index contributed by atoms with van der Waals surface area (Å²) >= 11 is 0. The van der Waals surface area contributed by atoms with Gasteiger partial charge in [0.25, 0.3) is 0 Å². The molecule has 5 heteroatoms. The van der Waals surface area contributed by atoms with Crippen LogP contribution in [0.5, 0.6) is 0 Å². The number of hydrogen-bond acceptors (Lipinski definition) is 3. The number of rotatable bonds is 2. The molecule has 1 fully saturated rings. The molecule has 1 heterocycles.